The molecule has 0 aliphatic heterocycles. The molecule has 0 saturated carbocycles. The van der Waals surface area contributed by atoms with Gasteiger partial charge >= 0.3 is 0 Å². The van der Waals surface area contributed by atoms with Crippen LogP contribution in [-0.4, -0.2) is 20.7 Å². The van der Waals surface area contributed by atoms with E-state index in [0.29, 0.717) is 13.0 Å². The van der Waals surface area contributed by atoms with Crippen molar-refractivity contribution in [2.24, 2.45) is 0 Å². The van der Waals surface area contributed by atoms with Crippen molar-refractivity contribution in [3.63, 3.8) is 0 Å². The van der Waals surface area contributed by atoms with Gasteiger partial charge in [0.1, 0.15) is 12.7 Å². The van der Waals surface area contributed by atoms with Crippen LogP contribution in [0.1, 0.15) is 6.42 Å². The third-order valence-electron chi connectivity index (χ3n) is 2.16. The lowest BCUT2D eigenvalue weighted by molar-refractivity contribution is -0.116. The Kier molecular flexibility index (Phi) is 4.08. The smallest absolute Gasteiger partial charge is 0.226 e. The van der Waals surface area contributed by atoms with Gasteiger partial charge in [-0.05, 0) is 46.9 Å². The second-order valence-corrected chi connectivity index (χ2v) is 4.71. The summed E-state index contributed by atoms with van der Waals surface area (Å²) in [5.74, 6) is -0.0262. The molecule has 0 radical (unpaired) electrons. The predicted octanol–water partition coefficient (Wildman–Crippen LogP) is 1.91. The fraction of sp³-hybridized carbons (Fsp3) is 0.182. The Morgan fingerprint density at radius 3 is 2.76 bits per heavy atom. The summed E-state index contributed by atoms with van der Waals surface area (Å²) in [6, 6.07) is 7.67. The minimum atomic E-state index is -0.0262. The summed E-state index contributed by atoms with van der Waals surface area (Å²) in [5.41, 5.74) is 0.814. The van der Waals surface area contributed by atoms with Gasteiger partial charge in [0.2, 0.25) is 5.91 Å². The molecule has 0 unspecified atom stereocenters. The molecule has 0 bridgehead atoms. The van der Waals surface area contributed by atoms with Gasteiger partial charge in [0.15, 0.2) is 0 Å². The monoisotopic (exact) mass is 342 g/mol. The molecule has 0 fully saturated rings. The van der Waals surface area contributed by atoms with Gasteiger partial charge in [0.05, 0.1) is 6.54 Å². The van der Waals surface area contributed by atoms with E-state index in [-0.39, 0.29) is 5.91 Å². The van der Waals surface area contributed by atoms with E-state index in [4.69, 9.17) is 0 Å². The molecule has 1 N–H and O–H groups in total. The maximum Gasteiger partial charge on any atom is 0.226 e. The molecule has 0 aliphatic rings. The van der Waals surface area contributed by atoms with E-state index in [9.17, 15) is 4.79 Å². The molecule has 0 spiro atoms. The van der Waals surface area contributed by atoms with Crippen molar-refractivity contribution in [3.8, 4) is 0 Å². The summed E-state index contributed by atoms with van der Waals surface area (Å²) in [5, 5.41) is 6.76. The van der Waals surface area contributed by atoms with E-state index in [1.807, 2.05) is 24.3 Å². The number of halogens is 1. The number of anilines is 1. The second kappa shape index (κ2) is 5.76. The summed E-state index contributed by atoms with van der Waals surface area (Å²) in [4.78, 5) is 15.4. The lowest BCUT2D eigenvalue weighted by Crippen LogP contribution is -2.14. The molecule has 1 aromatic carbocycles. The fourth-order valence-electron chi connectivity index (χ4n) is 1.32. The van der Waals surface area contributed by atoms with Crippen LogP contribution < -0.4 is 5.32 Å². The van der Waals surface area contributed by atoms with Crippen molar-refractivity contribution in [2.45, 2.75) is 13.0 Å². The van der Waals surface area contributed by atoms with Crippen LogP contribution in [-0.2, 0) is 11.3 Å². The summed E-state index contributed by atoms with van der Waals surface area (Å²) < 4.78 is 2.77. The first-order chi connectivity index (χ1) is 8.24. The van der Waals surface area contributed by atoms with E-state index in [0.717, 1.165) is 9.26 Å². The van der Waals surface area contributed by atoms with Gasteiger partial charge in [0.25, 0.3) is 0 Å². The minimum Gasteiger partial charge on any atom is -0.326 e. The van der Waals surface area contributed by atoms with Crippen LogP contribution >= 0.6 is 22.6 Å². The molecular weight excluding hydrogens is 331 g/mol. The zero-order valence-corrected chi connectivity index (χ0v) is 11.2. The highest BCUT2D eigenvalue weighted by Crippen LogP contribution is 2.11. The van der Waals surface area contributed by atoms with Crippen LogP contribution in [0.25, 0.3) is 0 Å². The Hall–Kier alpha value is -1.44. The van der Waals surface area contributed by atoms with E-state index >= 15 is 0 Å². The third kappa shape index (κ3) is 3.81. The van der Waals surface area contributed by atoms with Crippen molar-refractivity contribution < 1.29 is 4.79 Å². The van der Waals surface area contributed by atoms with Crippen LogP contribution in [0.3, 0.4) is 0 Å². The molecule has 17 heavy (non-hydrogen) atoms. The molecule has 1 aromatic heterocycles. The van der Waals surface area contributed by atoms with E-state index in [1.54, 1.807) is 11.0 Å². The van der Waals surface area contributed by atoms with Crippen LogP contribution in [0.15, 0.2) is 36.9 Å². The molecule has 2 rings (SSSR count). The predicted molar refractivity (Wildman–Crippen MR) is 72.4 cm³/mol. The molecule has 0 aliphatic carbocycles. The number of aromatic nitrogens is 3. The highest BCUT2D eigenvalue weighted by atomic mass is 127. The number of rotatable bonds is 4. The Morgan fingerprint density at radius 1 is 1.35 bits per heavy atom. The van der Waals surface area contributed by atoms with E-state index in [2.05, 4.69) is 38.0 Å². The number of amides is 1. The van der Waals surface area contributed by atoms with Crippen LogP contribution in [0.5, 0.6) is 0 Å². The Morgan fingerprint density at radius 2 is 2.12 bits per heavy atom. The van der Waals surface area contributed by atoms with E-state index in [1.165, 1.54) is 6.33 Å². The number of carbonyl (C=O) groups is 1. The highest BCUT2D eigenvalue weighted by Gasteiger charge is 2.02. The average molecular weight is 342 g/mol. The second-order valence-electron chi connectivity index (χ2n) is 3.46. The lowest BCUT2D eigenvalue weighted by atomic mass is 10.3. The van der Waals surface area contributed by atoms with Gasteiger partial charge in [-0.15, -0.1) is 0 Å². The number of hydrogen-bond acceptors (Lipinski definition) is 3. The van der Waals surface area contributed by atoms with Crippen LogP contribution in [0.4, 0.5) is 5.69 Å². The Labute approximate surface area is 112 Å². The molecule has 88 valence electrons. The topological polar surface area (TPSA) is 59.8 Å². The molecule has 0 atom stereocenters. The quantitative estimate of drug-likeness (QED) is 0.864. The fourth-order valence-corrected chi connectivity index (χ4v) is 1.68. The number of aryl methyl sites for hydroxylation is 1. The zero-order valence-electron chi connectivity index (χ0n) is 9.01. The van der Waals surface area contributed by atoms with Gasteiger partial charge in [0, 0.05) is 15.7 Å². The van der Waals surface area contributed by atoms with Crippen molar-refractivity contribution in [2.75, 3.05) is 5.32 Å². The van der Waals surface area contributed by atoms with Crippen LogP contribution in [0, 0.1) is 3.57 Å². The molecule has 0 saturated heterocycles. The first-order valence-electron chi connectivity index (χ1n) is 5.12. The largest absolute Gasteiger partial charge is 0.326 e. The highest BCUT2D eigenvalue weighted by molar-refractivity contribution is 14.1. The molecule has 2 aromatic rings. The summed E-state index contributed by atoms with van der Waals surface area (Å²) in [6.45, 7) is 0.538. The number of benzene rings is 1. The van der Waals surface area contributed by atoms with Crippen LogP contribution in [0.2, 0.25) is 0 Å². The normalized spacial score (nSPS) is 10.2. The summed E-state index contributed by atoms with van der Waals surface area (Å²) in [7, 11) is 0. The summed E-state index contributed by atoms with van der Waals surface area (Å²) in [6.07, 6.45) is 3.44. The number of nitrogens with zero attached hydrogens (tertiary/aromatic N) is 3. The molecule has 1 amide bonds. The molecule has 6 heteroatoms. The third-order valence-corrected chi connectivity index (χ3v) is 2.88. The zero-order chi connectivity index (χ0) is 12.1. The Balaban J connectivity index is 1.83. The van der Waals surface area contributed by atoms with Crippen molar-refractivity contribution in [3.05, 3.63) is 40.5 Å². The maximum absolute atomic E-state index is 11.6. The number of hydrogen-bond donors (Lipinski definition) is 1. The maximum atomic E-state index is 11.6. The number of nitrogens with one attached hydrogen (secondary N) is 1. The van der Waals surface area contributed by atoms with Gasteiger partial charge in [-0.2, -0.15) is 5.10 Å². The van der Waals surface area contributed by atoms with Crippen molar-refractivity contribution in [1.29, 1.82) is 0 Å². The SMILES string of the molecule is O=C(CCn1cncn1)Nc1ccc(I)cc1. The average Bonchev–Trinajstić information content (AvgIpc) is 2.83. The van der Waals surface area contributed by atoms with E-state index < -0.39 is 0 Å². The molecular formula is C11H11IN4O. The number of carbonyl (C=O) groups excluding carboxylic acids is 1. The first-order valence-corrected chi connectivity index (χ1v) is 6.20. The van der Waals surface area contributed by atoms with Gasteiger partial charge in [-0.1, -0.05) is 0 Å². The van der Waals surface area contributed by atoms with Crippen molar-refractivity contribution >= 4 is 34.2 Å². The Bertz CT molecular complexity index is 481. The van der Waals surface area contributed by atoms with Gasteiger partial charge in [-0.25, -0.2) is 4.98 Å². The minimum absolute atomic E-state index is 0.0262. The first kappa shape index (κ1) is 12.0. The molecule has 1 heterocycles. The molecule has 5 nitrogen and oxygen atoms in total. The summed E-state index contributed by atoms with van der Waals surface area (Å²) >= 11 is 2.22. The van der Waals surface area contributed by atoms with Crippen molar-refractivity contribution in [1.82, 2.24) is 14.8 Å². The standard InChI is InChI=1S/C11H11IN4O/c12-9-1-3-10(4-2-9)15-11(17)5-6-16-8-13-7-14-16/h1-4,7-8H,5-6H2,(H,15,17). The van der Waals surface area contributed by atoms with Gasteiger partial charge in [-0.3, -0.25) is 9.48 Å². The van der Waals surface area contributed by atoms with Gasteiger partial charge < -0.3 is 5.32 Å². The lowest BCUT2D eigenvalue weighted by Gasteiger charge is -2.05.